The average Bonchev–Trinajstić information content (AvgIpc) is 3.11. The highest BCUT2D eigenvalue weighted by atomic mass is 32.2. The second-order valence-electron chi connectivity index (χ2n) is 5.61. The van der Waals surface area contributed by atoms with Crippen LogP contribution in [0.1, 0.15) is 13.8 Å². The molecule has 0 saturated carbocycles. The van der Waals surface area contributed by atoms with Gasteiger partial charge in [0.05, 0.1) is 21.6 Å². The van der Waals surface area contributed by atoms with Crippen molar-refractivity contribution in [3.63, 3.8) is 0 Å². The molecule has 0 N–H and O–H groups in total. The van der Waals surface area contributed by atoms with Gasteiger partial charge in [-0.3, -0.25) is 0 Å². The van der Waals surface area contributed by atoms with Gasteiger partial charge in [-0.25, -0.2) is 0 Å². The van der Waals surface area contributed by atoms with Gasteiger partial charge in [0.15, 0.2) is 0 Å². The van der Waals surface area contributed by atoms with Gasteiger partial charge in [0.25, 0.3) is 0 Å². The fraction of sp³-hybridized carbons (Fsp3) is 0.333. The molecule has 0 bridgehead atoms. The van der Waals surface area contributed by atoms with Crippen LogP contribution in [0, 0.1) is 0 Å². The molecule has 0 saturated heterocycles. The number of rotatable bonds is 4. The summed E-state index contributed by atoms with van der Waals surface area (Å²) < 4.78 is 0. The minimum atomic E-state index is 0.568. The summed E-state index contributed by atoms with van der Waals surface area (Å²) in [5.74, 6) is 0. The Kier molecular flexibility index (Phi) is 4.49. The lowest BCUT2D eigenvalue weighted by Crippen LogP contribution is -2.31. The Morgan fingerprint density at radius 1 is 0.783 bits per heavy atom. The van der Waals surface area contributed by atoms with Gasteiger partial charge < -0.3 is 9.80 Å². The summed E-state index contributed by atoms with van der Waals surface area (Å²) in [5, 5.41) is 1.14. The second kappa shape index (κ2) is 6.58. The van der Waals surface area contributed by atoms with Gasteiger partial charge in [0.2, 0.25) is 0 Å². The van der Waals surface area contributed by atoms with Crippen LogP contribution < -0.4 is 9.80 Å². The van der Waals surface area contributed by atoms with E-state index in [1.165, 1.54) is 21.2 Å². The van der Waals surface area contributed by atoms with Gasteiger partial charge in [-0.15, -0.1) is 0 Å². The fourth-order valence-electron chi connectivity index (χ4n) is 3.25. The Hall–Kier alpha value is -0.830. The molecule has 0 aromatic heterocycles. The van der Waals surface area contributed by atoms with Crippen LogP contribution in [-0.2, 0) is 0 Å². The Labute approximate surface area is 148 Å². The largest absolute Gasteiger partial charge is 0.355 e. The van der Waals surface area contributed by atoms with Crippen LogP contribution in [0.2, 0.25) is 0 Å². The molecule has 0 amide bonds. The topological polar surface area (TPSA) is 6.48 Å². The molecule has 2 aromatic carbocycles. The van der Waals surface area contributed by atoms with Gasteiger partial charge in [0, 0.05) is 22.9 Å². The predicted octanol–water partition coefficient (Wildman–Crippen LogP) is 5.50. The van der Waals surface area contributed by atoms with Gasteiger partial charge in [-0.2, -0.15) is 0 Å². The van der Waals surface area contributed by atoms with Crippen LogP contribution in [0.25, 0.3) is 0 Å². The lowest BCUT2D eigenvalue weighted by Gasteiger charge is -2.31. The molecule has 2 heterocycles. The SMILES string of the molecule is CCN1c2ccccc2SC1PC1Sc2ccccc2N1CC. The molecule has 4 rings (SSSR count). The van der Waals surface area contributed by atoms with E-state index < -0.39 is 0 Å². The van der Waals surface area contributed by atoms with Gasteiger partial charge >= 0.3 is 0 Å². The van der Waals surface area contributed by atoms with Crippen molar-refractivity contribution in [3.05, 3.63) is 48.5 Å². The lowest BCUT2D eigenvalue weighted by molar-refractivity contribution is 0.895. The average molecular weight is 360 g/mol. The maximum Gasteiger partial charge on any atom is 0.0989 e. The zero-order valence-corrected chi connectivity index (χ0v) is 16.0. The molecule has 0 fully saturated rings. The van der Waals surface area contributed by atoms with Gasteiger partial charge in [-0.1, -0.05) is 56.4 Å². The summed E-state index contributed by atoms with van der Waals surface area (Å²) in [4.78, 5) is 8.04. The van der Waals surface area contributed by atoms with Crippen molar-refractivity contribution in [1.82, 2.24) is 0 Å². The first-order chi connectivity index (χ1) is 11.3. The summed E-state index contributed by atoms with van der Waals surface area (Å²) in [6, 6.07) is 17.7. The van der Waals surface area contributed by atoms with E-state index in [4.69, 9.17) is 0 Å². The van der Waals surface area contributed by atoms with Crippen molar-refractivity contribution in [1.29, 1.82) is 0 Å². The summed E-state index contributed by atoms with van der Waals surface area (Å²) in [5.41, 5.74) is 2.84. The third-order valence-corrected chi connectivity index (χ3v) is 9.23. The zero-order chi connectivity index (χ0) is 15.8. The molecule has 2 aromatic rings. The Morgan fingerprint density at radius 2 is 1.22 bits per heavy atom. The van der Waals surface area contributed by atoms with Crippen molar-refractivity contribution in [3.8, 4) is 0 Å². The standard InChI is InChI=1S/C18H21N2PS2/c1-3-19-13-9-5-7-11-15(13)22-17(19)21-18-20(4-2)14-10-6-8-12-16(14)23-18/h5-12,17-18,21H,3-4H2,1-2H3. The molecular formula is C18H21N2PS2. The van der Waals surface area contributed by atoms with Crippen molar-refractivity contribution in [2.75, 3.05) is 22.9 Å². The number of hydrogen-bond donors (Lipinski definition) is 0. The van der Waals surface area contributed by atoms with Crippen molar-refractivity contribution < 1.29 is 0 Å². The highest BCUT2D eigenvalue weighted by Crippen LogP contribution is 2.57. The Morgan fingerprint density at radius 3 is 1.65 bits per heavy atom. The normalized spacial score (nSPS) is 22.9. The van der Waals surface area contributed by atoms with E-state index in [2.05, 4.69) is 72.2 Å². The predicted molar refractivity (Wildman–Crippen MR) is 107 cm³/mol. The zero-order valence-electron chi connectivity index (χ0n) is 13.4. The molecule has 2 nitrogen and oxygen atoms in total. The maximum absolute atomic E-state index is 2.58. The number of fused-ring (bicyclic) bond motifs is 2. The molecule has 2 aliphatic heterocycles. The second-order valence-corrected chi connectivity index (χ2v) is 10.1. The van der Waals surface area contributed by atoms with E-state index in [0.717, 1.165) is 21.7 Å². The number of hydrogen-bond acceptors (Lipinski definition) is 4. The van der Waals surface area contributed by atoms with E-state index in [9.17, 15) is 0 Å². The molecule has 0 aliphatic carbocycles. The number of nitrogens with zero attached hydrogens (tertiary/aromatic N) is 2. The van der Waals surface area contributed by atoms with Crippen LogP contribution in [-0.4, -0.2) is 23.3 Å². The van der Waals surface area contributed by atoms with Crippen LogP contribution in [0.5, 0.6) is 0 Å². The lowest BCUT2D eigenvalue weighted by atomic mass is 10.3. The van der Waals surface area contributed by atoms with Crippen LogP contribution >= 0.6 is 32.1 Å². The quantitative estimate of drug-likeness (QED) is 0.664. The van der Waals surface area contributed by atoms with Crippen LogP contribution in [0.3, 0.4) is 0 Å². The first-order valence-electron chi connectivity index (χ1n) is 8.12. The molecule has 120 valence electrons. The molecule has 23 heavy (non-hydrogen) atoms. The molecule has 5 heteroatoms. The molecule has 2 atom stereocenters. The summed E-state index contributed by atoms with van der Waals surface area (Å²) >= 11 is 4.09. The molecule has 0 spiro atoms. The van der Waals surface area contributed by atoms with Gasteiger partial charge in [0.1, 0.15) is 0 Å². The first kappa shape index (κ1) is 15.7. The van der Waals surface area contributed by atoms with E-state index in [1.54, 1.807) is 0 Å². The van der Waals surface area contributed by atoms with Crippen molar-refractivity contribution in [2.24, 2.45) is 0 Å². The molecule has 2 aliphatic rings. The highest BCUT2D eigenvalue weighted by Gasteiger charge is 2.36. The highest BCUT2D eigenvalue weighted by molar-refractivity contribution is 8.09. The monoisotopic (exact) mass is 360 g/mol. The maximum atomic E-state index is 2.58. The Bertz CT molecular complexity index is 649. The Balaban J connectivity index is 1.55. The van der Waals surface area contributed by atoms with Gasteiger partial charge in [-0.05, 0) is 38.1 Å². The molecule has 2 unspecified atom stereocenters. The summed E-state index contributed by atoms with van der Waals surface area (Å²) in [6.45, 7) is 6.71. The number of thioether (sulfide) groups is 2. The van der Waals surface area contributed by atoms with E-state index in [1.807, 2.05) is 23.5 Å². The number of para-hydroxylation sites is 2. The number of benzene rings is 2. The first-order valence-corrected chi connectivity index (χ1v) is 11.0. The molecule has 0 radical (unpaired) electrons. The minimum absolute atomic E-state index is 0.568. The van der Waals surface area contributed by atoms with Crippen molar-refractivity contribution in [2.45, 2.75) is 33.9 Å². The summed E-state index contributed by atoms with van der Waals surface area (Å²) in [6.07, 6.45) is 0. The van der Waals surface area contributed by atoms with Crippen LogP contribution in [0.15, 0.2) is 58.3 Å². The number of anilines is 2. The minimum Gasteiger partial charge on any atom is -0.355 e. The van der Waals surface area contributed by atoms with Crippen molar-refractivity contribution >= 4 is 43.5 Å². The van der Waals surface area contributed by atoms with E-state index in [0.29, 0.717) is 10.2 Å². The van der Waals surface area contributed by atoms with E-state index in [-0.39, 0.29) is 0 Å². The fourth-order valence-corrected chi connectivity index (χ4v) is 9.02. The molecular weight excluding hydrogens is 339 g/mol. The third-order valence-electron chi connectivity index (χ3n) is 4.36. The van der Waals surface area contributed by atoms with E-state index >= 15 is 0 Å². The smallest absolute Gasteiger partial charge is 0.0989 e. The van der Waals surface area contributed by atoms with Crippen LogP contribution in [0.4, 0.5) is 11.4 Å². The third kappa shape index (κ3) is 2.75. The summed E-state index contributed by atoms with van der Waals surface area (Å²) in [7, 11) is 0.884.